The normalized spacial score (nSPS) is 11.8. The highest BCUT2D eigenvalue weighted by Gasteiger charge is 2.23. The Balaban J connectivity index is 2.09. The van der Waals surface area contributed by atoms with Gasteiger partial charge in [0, 0.05) is 11.1 Å². The van der Waals surface area contributed by atoms with Crippen LogP contribution in [0.2, 0.25) is 0 Å². The standard InChI is InChI=1S/C23H26FN5O6S/c1-12-15(24)7-13(8-19(12)29-11-18(22(31)32)26-28-29)21(30)25-16-9-14(23(2,3)4)10-17(20(16)35-5)27-36(6,33)34/h7-11,27H,1-6H3,(H,25,30)(H,31,32). The number of carbonyl (C=O) groups is 2. The Morgan fingerprint density at radius 1 is 1.14 bits per heavy atom. The van der Waals surface area contributed by atoms with E-state index in [1.165, 1.54) is 20.1 Å². The van der Waals surface area contributed by atoms with Crippen LogP contribution in [0, 0.1) is 12.7 Å². The minimum absolute atomic E-state index is 0.0666. The molecule has 13 heteroatoms. The quantitative estimate of drug-likeness (QED) is 0.430. The summed E-state index contributed by atoms with van der Waals surface area (Å²) < 4.78 is 47.4. The third kappa shape index (κ3) is 5.79. The molecule has 0 unspecified atom stereocenters. The van der Waals surface area contributed by atoms with Crippen LogP contribution in [0.4, 0.5) is 15.8 Å². The molecule has 192 valence electrons. The first kappa shape index (κ1) is 26.6. The molecule has 0 saturated heterocycles. The van der Waals surface area contributed by atoms with Crippen molar-refractivity contribution < 1.29 is 32.2 Å². The van der Waals surface area contributed by atoms with Crippen LogP contribution in [0.25, 0.3) is 5.69 Å². The van der Waals surface area contributed by atoms with E-state index in [0.717, 1.165) is 23.2 Å². The molecule has 1 heterocycles. The molecule has 11 nitrogen and oxygen atoms in total. The number of benzene rings is 2. The van der Waals surface area contributed by atoms with Crippen LogP contribution in [0.5, 0.6) is 5.75 Å². The Labute approximate surface area is 207 Å². The summed E-state index contributed by atoms with van der Waals surface area (Å²) in [5.74, 6) is -2.68. The van der Waals surface area contributed by atoms with Crippen molar-refractivity contribution in [1.29, 1.82) is 0 Å². The number of carboxylic acid groups (broad SMARTS) is 1. The van der Waals surface area contributed by atoms with E-state index >= 15 is 0 Å². The van der Waals surface area contributed by atoms with Crippen LogP contribution < -0.4 is 14.8 Å². The van der Waals surface area contributed by atoms with E-state index in [9.17, 15) is 22.4 Å². The molecular weight excluding hydrogens is 493 g/mol. The molecule has 0 aliphatic rings. The third-order valence-electron chi connectivity index (χ3n) is 5.24. The van der Waals surface area contributed by atoms with E-state index in [1.54, 1.807) is 12.1 Å². The van der Waals surface area contributed by atoms with Gasteiger partial charge in [0.15, 0.2) is 11.4 Å². The molecule has 0 fully saturated rings. The lowest BCUT2D eigenvalue weighted by atomic mass is 9.86. The Bertz CT molecular complexity index is 1460. The number of ether oxygens (including phenoxy) is 1. The number of aromatic carboxylic acids is 1. The molecule has 1 amide bonds. The lowest BCUT2D eigenvalue weighted by molar-refractivity contribution is 0.0690. The lowest BCUT2D eigenvalue weighted by Gasteiger charge is -2.24. The van der Waals surface area contributed by atoms with Crippen molar-refractivity contribution >= 4 is 33.3 Å². The van der Waals surface area contributed by atoms with E-state index in [-0.39, 0.29) is 39.6 Å². The number of carbonyl (C=O) groups excluding carboxylic acids is 1. The fourth-order valence-electron chi connectivity index (χ4n) is 3.36. The van der Waals surface area contributed by atoms with Crippen LogP contribution in [0.15, 0.2) is 30.5 Å². The summed E-state index contributed by atoms with van der Waals surface area (Å²) in [5.41, 5.74) is 0.373. The van der Waals surface area contributed by atoms with E-state index in [0.29, 0.717) is 5.56 Å². The highest BCUT2D eigenvalue weighted by molar-refractivity contribution is 7.92. The third-order valence-corrected chi connectivity index (χ3v) is 5.83. The summed E-state index contributed by atoms with van der Waals surface area (Å²) in [5, 5.41) is 19.0. The molecule has 0 aliphatic carbocycles. The maximum atomic E-state index is 14.7. The van der Waals surface area contributed by atoms with Crippen LogP contribution >= 0.6 is 0 Å². The molecule has 3 N–H and O–H groups in total. The number of nitrogens with one attached hydrogen (secondary N) is 2. The molecular formula is C23H26FN5O6S. The molecule has 3 rings (SSSR count). The number of rotatable bonds is 7. The van der Waals surface area contributed by atoms with Gasteiger partial charge in [0.2, 0.25) is 10.0 Å². The van der Waals surface area contributed by atoms with Crippen molar-refractivity contribution in [2.45, 2.75) is 33.1 Å². The van der Waals surface area contributed by atoms with Gasteiger partial charge in [-0.1, -0.05) is 26.0 Å². The van der Waals surface area contributed by atoms with Gasteiger partial charge in [-0.25, -0.2) is 22.3 Å². The second kappa shape index (κ2) is 9.57. The summed E-state index contributed by atoms with van der Waals surface area (Å²) in [6.45, 7) is 7.19. The average molecular weight is 520 g/mol. The van der Waals surface area contributed by atoms with Gasteiger partial charge in [0.05, 0.1) is 36.6 Å². The largest absolute Gasteiger partial charge is 0.492 e. The summed E-state index contributed by atoms with van der Waals surface area (Å²) in [4.78, 5) is 24.3. The van der Waals surface area contributed by atoms with Gasteiger partial charge >= 0.3 is 5.97 Å². The number of nitrogens with zero attached hydrogens (tertiary/aromatic N) is 3. The number of sulfonamides is 1. The first-order valence-corrected chi connectivity index (χ1v) is 12.5. The number of hydrogen-bond donors (Lipinski definition) is 3. The first-order chi connectivity index (χ1) is 16.6. The summed E-state index contributed by atoms with van der Waals surface area (Å²) >= 11 is 0. The Morgan fingerprint density at radius 3 is 2.31 bits per heavy atom. The second-order valence-electron chi connectivity index (χ2n) is 9.14. The van der Waals surface area contributed by atoms with Gasteiger partial charge in [-0.15, -0.1) is 5.10 Å². The van der Waals surface area contributed by atoms with Crippen molar-refractivity contribution in [1.82, 2.24) is 15.0 Å². The molecule has 3 aromatic rings. The lowest BCUT2D eigenvalue weighted by Crippen LogP contribution is -2.18. The van der Waals surface area contributed by atoms with Crippen molar-refractivity contribution in [3.63, 3.8) is 0 Å². The minimum Gasteiger partial charge on any atom is -0.492 e. The van der Waals surface area contributed by atoms with Crippen LogP contribution in [0.3, 0.4) is 0 Å². The van der Waals surface area contributed by atoms with Crippen molar-refractivity contribution in [2.75, 3.05) is 23.4 Å². The number of aromatic nitrogens is 3. The topological polar surface area (TPSA) is 153 Å². The molecule has 0 saturated carbocycles. The Hall–Kier alpha value is -4.00. The fraction of sp³-hybridized carbons (Fsp3) is 0.304. The maximum Gasteiger partial charge on any atom is 0.358 e. The number of anilines is 2. The molecule has 0 bridgehead atoms. The van der Waals surface area contributed by atoms with E-state index < -0.39 is 33.1 Å². The zero-order valence-corrected chi connectivity index (χ0v) is 21.3. The smallest absolute Gasteiger partial charge is 0.358 e. The first-order valence-electron chi connectivity index (χ1n) is 10.6. The number of methoxy groups -OCH3 is 1. The number of halogens is 1. The van der Waals surface area contributed by atoms with E-state index in [2.05, 4.69) is 20.4 Å². The van der Waals surface area contributed by atoms with E-state index in [4.69, 9.17) is 9.84 Å². The summed E-state index contributed by atoms with van der Waals surface area (Å²) in [6, 6.07) is 5.62. The summed E-state index contributed by atoms with van der Waals surface area (Å²) in [6.07, 6.45) is 2.09. The Morgan fingerprint density at radius 2 is 1.78 bits per heavy atom. The molecule has 0 radical (unpaired) electrons. The van der Waals surface area contributed by atoms with Gasteiger partial charge in [0.25, 0.3) is 5.91 Å². The zero-order valence-electron chi connectivity index (χ0n) is 20.5. The highest BCUT2D eigenvalue weighted by Crippen LogP contribution is 2.39. The van der Waals surface area contributed by atoms with Crippen LogP contribution in [0.1, 0.15) is 52.7 Å². The van der Waals surface area contributed by atoms with Gasteiger partial charge in [-0.3, -0.25) is 9.52 Å². The van der Waals surface area contributed by atoms with Crippen molar-refractivity contribution in [3.8, 4) is 11.4 Å². The number of carboxylic acids is 1. The monoisotopic (exact) mass is 519 g/mol. The van der Waals surface area contributed by atoms with Crippen LogP contribution in [-0.2, 0) is 15.4 Å². The highest BCUT2D eigenvalue weighted by atomic mass is 32.2. The minimum atomic E-state index is -3.67. The molecule has 0 atom stereocenters. The van der Waals surface area contributed by atoms with Crippen LogP contribution in [-0.4, -0.2) is 53.8 Å². The fourth-order valence-corrected chi connectivity index (χ4v) is 3.91. The van der Waals surface area contributed by atoms with Crippen molar-refractivity contribution in [2.24, 2.45) is 0 Å². The predicted octanol–water partition coefficient (Wildman–Crippen LogP) is 3.34. The SMILES string of the molecule is COc1c(NC(=O)c2cc(F)c(C)c(-n3cc(C(=O)O)nn3)c2)cc(C(C)(C)C)cc1NS(C)(=O)=O. The van der Waals surface area contributed by atoms with Gasteiger partial charge in [-0.05, 0) is 42.2 Å². The molecule has 0 aliphatic heterocycles. The molecule has 1 aromatic heterocycles. The number of amides is 1. The maximum absolute atomic E-state index is 14.7. The summed E-state index contributed by atoms with van der Waals surface area (Å²) in [7, 11) is -2.35. The molecule has 2 aromatic carbocycles. The van der Waals surface area contributed by atoms with Crippen molar-refractivity contribution in [3.05, 3.63) is 58.7 Å². The Kier molecular flexibility index (Phi) is 7.07. The molecule has 36 heavy (non-hydrogen) atoms. The van der Waals surface area contributed by atoms with E-state index in [1.807, 2.05) is 20.8 Å². The van der Waals surface area contributed by atoms with Gasteiger partial charge in [0.1, 0.15) is 5.82 Å². The van der Waals surface area contributed by atoms with Gasteiger partial charge < -0.3 is 15.2 Å². The van der Waals surface area contributed by atoms with Gasteiger partial charge in [-0.2, -0.15) is 0 Å². The number of hydrogen-bond acceptors (Lipinski definition) is 7. The molecule has 0 spiro atoms. The second-order valence-corrected chi connectivity index (χ2v) is 10.9. The predicted molar refractivity (Wildman–Crippen MR) is 131 cm³/mol. The zero-order chi connectivity index (χ0) is 27.0. The average Bonchev–Trinajstić information content (AvgIpc) is 3.24.